The van der Waals surface area contributed by atoms with Crippen LogP contribution in [0.5, 0.6) is 5.75 Å². The van der Waals surface area contributed by atoms with Gasteiger partial charge in [0.1, 0.15) is 10.7 Å². The van der Waals surface area contributed by atoms with Crippen LogP contribution in [0.4, 0.5) is 11.0 Å². The lowest BCUT2D eigenvalue weighted by atomic mass is 10.2. The summed E-state index contributed by atoms with van der Waals surface area (Å²) in [7, 11) is 1.56. The number of hydrogen-bond donors (Lipinski definition) is 0. The van der Waals surface area contributed by atoms with Gasteiger partial charge in [-0.1, -0.05) is 41.1 Å². The maximum absolute atomic E-state index is 13.0. The minimum absolute atomic E-state index is 0.109. The second-order valence-corrected chi connectivity index (χ2v) is 7.93. The number of aromatic nitrogens is 1. The molecule has 0 radical (unpaired) electrons. The van der Waals surface area contributed by atoms with E-state index in [0.717, 1.165) is 9.71 Å². The lowest BCUT2D eigenvalue weighted by Crippen LogP contribution is -2.23. The highest BCUT2D eigenvalue weighted by Crippen LogP contribution is 2.32. The number of ether oxygens (including phenoxy) is 1. The molecule has 2 heterocycles. The second kappa shape index (κ2) is 9.63. The molecule has 1 amide bonds. The molecular weight excluding hydrogens is 468 g/mol. The maximum Gasteiger partial charge on any atom is 0.433 e. The number of carbonyl (C=O) groups excluding carboxylic acids is 1. The van der Waals surface area contributed by atoms with Gasteiger partial charge in [0.25, 0.3) is 5.91 Å². The summed E-state index contributed by atoms with van der Waals surface area (Å²) in [6, 6.07) is 15.0. The molecule has 0 fully saturated rings. The Kier molecular flexibility index (Phi) is 6.48. The topological polar surface area (TPSA) is 111 Å². The van der Waals surface area contributed by atoms with Gasteiger partial charge in [0.2, 0.25) is 5.13 Å². The predicted octanol–water partition coefficient (Wildman–Crippen LogP) is 5.54. The van der Waals surface area contributed by atoms with Crippen LogP contribution >= 0.6 is 22.9 Å². The molecule has 11 heteroatoms. The van der Waals surface area contributed by atoms with Gasteiger partial charge in [-0.05, 0) is 42.0 Å². The highest BCUT2D eigenvalue weighted by Gasteiger charge is 2.18. The summed E-state index contributed by atoms with van der Waals surface area (Å²) in [6.07, 6.45) is 4.10. The Hall–Kier alpha value is -4.02. The number of anilines is 1. The number of rotatable bonds is 7. The number of hydrazone groups is 1. The summed E-state index contributed by atoms with van der Waals surface area (Å²) in [5, 5.41) is 16.9. The number of amides is 1. The minimum atomic E-state index is -0.659. The van der Waals surface area contributed by atoms with Gasteiger partial charge >= 0.3 is 5.88 Å². The van der Waals surface area contributed by atoms with Gasteiger partial charge in [-0.3, -0.25) is 14.9 Å². The molecule has 0 saturated heterocycles. The molecule has 2 aromatic carbocycles. The quantitative estimate of drug-likeness (QED) is 0.148. The molecule has 0 unspecified atom stereocenters. The van der Waals surface area contributed by atoms with E-state index in [1.807, 2.05) is 0 Å². The number of thiazole rings is 1. The van der Waals surface area contributed by atoms with Gasteiger partial charge < -0.3 is 9.15 Å². The average Bonchev–Trinajstić information content (AvgIpc) is 3.45. The second-order valence-electron chi connectivity index (χ2n) is 6.51. The summed E-state index contributed by atoms with van der Waals surface area (Å²) in [5.41, 5.74) is 1.32. The van der Waals surface area contributed by atoms with Crippen molar-refractivity contribution in [3.63, 3.8) is 0 Å². The van der Waals surface area contributed by atoms with Crippen molar-refractivity contribution in [2.75, 3.05) is 12.1 Å². The Bertz CT molecular complexity index is 1390. The van der Waals surface area contributed by atoms with Crippen LogP contribution in [-0.2, 0) is 4.79 Å². The zero-order valence-corrected chi connectivity index (χ0v) is 18.6. The van der Waals surface area contributed by atoms with Crippen molar-refractivity contribution in [3.8, 4) is 5.75 Å². The summed E-state index contributed by atoms with van der Waals surface area (Å²) in [6.45, 7) is 0. The monoisotopic (exact) mass is 482 g/mol. The van der Waals surface area contributed by atoms with E-state index >= 15 is 0 Å². The van der Waals surface area contributed by atoms with Crippen LogP contribution in [0.15, 0.2) is 70.2 Å². The van der Waals surface area contributed by atoms with Crippen molar-refractivity contribution in [1.29, 1.82) is 0 Å². The van der Waals surface area contributed by atoms with Crippen molar-refractivity contribution >= 4 is 62.4 Å². The van der Waals surface area contributed by atoms with Gasteiger partial charge in [-0.25, -0.2) is 4.98 Å². The van der Waals surface area contributed by atoms with Crippen molar-refractivity contribution < 1.29 is 18.9 Å². The number of fused-ring (bicyclic) bond motifs is 1. The van der Waals surface area contributed by atoms with E-state index in [-0.39, 0.29) is 5.76 Å². The number of halogens is 1. The number of carbonyl (C=O) groups is 1. The third kappa shape index (κ3) is 5.08. The molecule has 0 atom stereocenters. The first-order valence-electron chi connectivity index (χ1n) is 9.44. The van der Waals surface area contributed by atoms with Crippen molar-refractivity contribution in [2.24, 2.45) is 5.10 Å². The summed E-state index contributed by atoms with van der Waals surface area (Å²) in [4.78, 5) is 27.7. The fourth-order valence-corrected chi connectivity index (χ4v) is 3.93. The van der Waals surface area contributed by atoms with Crippen LogP contribution in [0.1, 0.15) is 11.3 Å². The molecule has 0 spiro atoms. The fraction of sp³-hybridized carbons (Fsp3) is 0.0455. The van der Waals surface area contributed by atoms with E-state index in [1.165, 1.54) is 35.8 Å². The molecular formula is C22H15ClN4O5S. The zero-order valence-electron chi connectivity index (χ0n) is 17.0. The van der Waals surface area contributed by atoms with E-state index in [9.17, 15) is 14.9 Å². The van der Waals surface area contributed by atoms with Crippen LogP contribution in [0.3, 0.4) is 0 Å². The maximum atomic E-state index is 13.0. The van der Waals surface area contributed by atoms with Crippen LogP contribution in [0, 0.1) is 10.1 Å². The van der Waals surface area contributed by atoms with Crippen LogP contribution in [0.25, 0.3) is 16.3 Å². The molecule has 4 aromatic rings. The van der Waals surface area contributed by atoms with Gasteiger partial charge in [-0.15, -0.1) is 0 Å². The normalized spacial score (nSPS) is 11.5. The van der Waals surface area contributed by atoms with Gasteiger partial charge in [-0.2, -0.15) is 10.1 Å². The fourth-order valence-electron chi connectivity index (χ4n) is 2.78. The number of nitrogens with zero attached hydrogens (tertiary/aromatic N) is 4. The molecule has 0 aliphatic rings. The predicted molar refractivity (Wildman–Crippen MR) is 127 cm³/mol. The van der Waals surface area contributed by atoms with E-state index in [4.69, 9.17) is 20.8 Å². The summed E-state index contributed by atoms with van der Waals surface area (Å²) >= 11 is 7.39. The first-order valence-corrected chi connectivity index (χ1v) is 10.6. The Labute approximate surface area is 196 Å². The SMILES string of the molecule is COc1ccc2nc(N(/N=C/c3ccc([N+](=O)[O-])o3)C(=O)/C=C/c3ccccc3Cl)sc2c1. The van der Waals surface area contributed by atoms with Crippen molar-refractivity contribution in [2.45, 2.75) is 0 Å². The molecule has 166 valence electrons. The van der Waals surface area contributed by atoms with E-state index < -0.39 is 16.7 Å². The number of hydrogen-bond acceptors (Lipinski definition) is 8. The highest BCUT2D eigenvalue weighted by atomic mass is 35.5. The minimum Gasteiger partial charge on any atom is -0.497 e. The highest BCUT2D eigenvalue weighted by molar-refractivity contribution is 7.22. The van der Waals surface area contributed by atoms with Gasteiger partial charge in [0.05, 0.1) is 29.6 Å². The zero-order chi connectivity index (χ0) is 23.4. The van der Waals surface area contributed by atoms with Crippen molar-refractivity contribution in [1.82, 2.24) is 4.98 Å². The smallest absolute Gasteiger partial charge is 0.433 e. The largest absolute Gasteiger partial charge is 0.497 e. The Morgan fingerprint density at radius 2 is 2.09 bits per heavy atom. The van der Waals surface area contributed by atoms with Crippen molar-refractivity contribution in [3.05, 3.63) is 87.1 Å². The molecule has 33 heavy (non-hydrogen) atoms. The molecule has 2 aromatic heterocycles. The van der Waals surface area contributed by atoms with E-state index in [0.29, 0.717) is 27.0 Å². The van der Waals surface area contributed by atoms with Gasteiger partial charge in [0.15, 0.2) is 5.76 Å². The standard InChI is InChI=1S/C22H15ClN4O5S/c1-31-15-7-9-18-19(12-15)33-22(25-18)26(24-13-16-8-11-21(32-16)27(29)30)20(28)10-6-14-4-2-3-5-17(14)23/h2-13H,1H3/b10-6+,24-13+. The molecule has 0 saturated carbocycles. The van der Waals surface area contributed by atoms with Crippen LogP contribution in [-0.4, -0.2) is 29.1 Å². The lowest BCUT2D eigenvalue weighted by molar-refractivity contribution is -0.402. The number of nitro groups is 1. The Morgan fingerprint density at radius 1 is 1.27 bits per heavy atom. The molecule has 4 rings (SSSR count). The van der Waals surface area contributed by atoms with Crippen LogP contribution < -0.4 is 9.75 Å². The third-order valence-corrected chi connectivity index (χ3v) is 5.72. The number of methoxy groups -OCH3 is 1. The third-order valence-electron chi connectivity index (χ3n) is 4.38. The van der Waals surface area contributed by atoms with Crippen LogP contribution in [0.2, 0.25) is 5.02 Å². The first-order chi connectivity index (χ1) is 15.9. The number of benzene rings is 2. The summed E-state index contributed by atoms with van der Waals surface area (Å²) in [5.74, 6) is -0.170. The molecule has 0 aliphatic heterocycles. The van der Waals surface area contributed by atoms with Gasteiger partial charge in [0, 0.05) is 11.1 Å². The molecule has 9 nitrogen and oxygen atoms in total. The molecule has 0 aliphatic carbocycles. The lowest BCUT2D eigenvalue weighted by Gasteiger charge is -2.10. The van der Waals surface area contributed by atoms with E-state index in [1.54, 1.807) is 55.7 Å². The molecule has 0 N–H and O–H groups in total. The van der Waals surface area contributed by atoms with E-state index in [2.05, 4.69) is 10.1 Å². The molecule has 0 bridgehead atoms. The Morgan fingerprint density at radius 3 is 2.82 bits per heavy atom. The summed E-state index contributed by atoms with van der Waals surface area (Å²) < 4.78 is 11.1. The number of furan rings is 1. The average molecular weight is 483 g/mol. The Balaban J connectivity index is 1.69. The first kappa shape index (κ1) is 22.2.